The number of aromatic nitrogens is 2. The molecule has 0 aliphatic carbocycles. The van der Waals surface area contributed by atoms with Crippen LogP contribution >= 0.6 is 0 Å². The van der Waals surface area contributed by atoms with E-state index in [0.717, 1.165) is 31.7 Å². The Labute approximate surface area is 98.0 Å². The molecular weight excluding hydrogens is 202 g/mol. The second-order valence-corrected chi connectivity index (χ2v) is 4.18. The molecule has 0 saturated carbocycles. The number of nitrogens with zero attached hydrogens (tertiary/aromatic N) is 2. The quantitative estimate of drug-likeness (QED) is 0.760. The Balaban J connectivity index is 2.32. The van der Waals surface area contributed by atoms with E-state index in [1.165, 1.54) is 5.56 Å². The van der Waals surface area contributed by atoms with Gasteiger partial charge in [-0.25, -0.2) is 0 Å². The van der Waals surface area contributed by atoms with Crippen molar-refractivity contribution in [1.82, 2.24) is 15.1 Å². The largest absolute Gasteiger partial charge is 0.383 e. The molecule has 1 aromatic heterocycles. The SMILES string of the molecule is CCC(COC)NCCc1cn(C)nc1C. The Morgan fingerprint density at radius 2 is 2.31 bits per heavy atom. The maximum atomic E-state index is 5.15. The minimum absolute atomic E-state index is 0.460. The lowest BCUT2D eigenvalue weighted by molar-refractivity contribution is 0.165. The Morgan fingerprint density at radius 3 is 2.81 bits per heavy atom. The fraction of sp³-hybridized carbons (Fsp3) is 0.750. The molecule has 1 rings (SSSR count). The lowest BCUT2D eigenvalue weighted by Gasteiger charge is -2.15. The van der Waals surface area contributed by atoms with Crippen LogP contribution in [0.3, 0.4) is 0 Å². The third-order valence-electron chi connectivity index (χ3n) is 2.80. The van der Waals surface area contributed by atoms with Crippen LogP contribution in [0.2, 0.25) is 0 Å². The van der Waals surface area contributed by atoms with E-state index in [0.29, 0.717) is 6.04 Å². The molecule has 16 heavy (non-hydrogen) atoms. The molecule has 1 atom stereocenters. The minimum atomic E-state index is 0.460. The molecule has 1 heterocycles. The van der Waals surface area contributed by atoms with E-state index in [2.05, 4.69) is 30.5 Å². The van der Waals surface area contributed by atoms with Gasteiger partial charge in [-0.2, -0.15) is 5.10 Å². The number of hydrogen-bond acceptors (Lipinski definition) is 3. The molecule has 0 aliphatic heterocycles. The van der Waals surface area contributed by atoms with Crippen LogP contribution in [0, 0.1) is 6.92 Å². The standard InChI is InChI=1S/C12H23N3O/c1-5-12(9-16-4)13-7-6-11-8-15(3)14-10(11)2/h8,12-13H,5-7,9H2,1-4H3. The third-order valence-corrected chi connectivity index (χ3v) is 2.80. The van der Waals surface area contributed by atoms with Gasteiger partial charge < -0.3 is 10.1 Å². The maximum absolute atomic E-state index is 5.15. The van der Waals surface area contributed by atoms with Crippen molar-refractivity contribution >= 4 is 0 Å². The monoisotopic (exact) mass is 225 g/mol. The predicted octanol–water partition coefficient (Wildman–Crippen LogP) is 1.29. The van der Waals surface area contributed by atoms with Gasteiger partial charge in [0, 0.05) is 26.4 Å². The van der Waals surface area contributed by atoms with E-state index in [9.17, 15) is 0 Å². The Kier molecular flexibility index (Phi) is 5.49. The van der Waals surface area contributed by atoms with Crippen LogP contribution in [-0.4, -0.2) is 36.1 Å². The highest BCUT2D eigenvalue weighted by Crippen LogP contribution is 2.04. The smallest absolute Gasteiger partial charge is 0.0626 e. The molecule has 0 amide bonds. The molecule has 0 aliphatic rings. The number of methoxy groups -OCH3 is 1. The van der Waals surface area contributed by atoms with Gasteiger partial charge in [-0.15, -0.1) is 0 Å². The van der Waals surface area contributed by atoms with Gasteiger partial charge in [0.05, 0.1) is 12.3 Å². The van der Waals surface area contributed by atoms with Gasteiger partial charge in [-0.3, -0.25) is 4.68 Å². The Hall–Kier alpha value is -0.870. The molecule has 92 valence electrons. The topological polar surface area (TPSA) is 39.1 Å². The fourth-order valence-electron chi connectivity index (χ4n) is 1.83. The molecule has 0 spiro atoms. The summed E-state index contributed by atoms with van der Waals surface area (Å²) in [7, 11) is 3.71. The predicted molar refractivity (Wildman–Crippen MR) is 65.6 cm³/mol. The van der Waals surface area contributed by atoms with Crippen LogP contribution in [0.25, 0.3) is 0 Å². The van der Waals surface area contributed by atoms with Crippen molar-refractivity contribution < 1.29 is 4.74 Å². The van der Waals surface area contributed by atoms with Gasteiger partial charge in [0.1, 0.15) is 0 Å². The summed E-state index contributed by atoms with van der Waals surface area (Å²) in [5.74, 6) is 0. The molecule has 1 N–H and O–H groups in total. The lowest BCUT2D eigenvalue weighted by atomic mass is 10.2. The Morgan fingerprint density at radius 1 is 1.56 bits per heavy atom. The van der Waals surface area contributed by atoms with Crippen molar-refractivity contribution in [2.24, 2.45) is 7.05 Å². The van der Waals surface area contributed by atoms with E-state index >= 15 is 0 Å². The van der Waals surface area contributed by atoms with Crippen LogP contribution in [-0.2, 0) is 18.2 Å². The highest BCUT2D eigenvalue weighted by Gasteiger charge is 2.06. The van der Waals surface area contributed by atoms with Gasteiger partial charge in [-0.1, -0.05) is 6.92 Å². The van der Waals surface area contributed by atoms with Gasteiger partial charge >= 0.3 is 0 Å². The lowest BCUT2D eigenvalue weighted by Crippen LogP contribution is -2.34. The average Bonchev–Trinajstić information content (AvgIpc) is 2.56. The number of ether oxygens (including phenoxy) is 1. The second kappa shape index (κ2) is 6.66. The zero-order valence-corrected chi connectivity index (χ0v) is 10.8. The van der Waals surface area contributed by atoms with E-state index < -0.39 is 0 Å². The average molecular weight is 225 g/mol. The molecule has 0 radical (unpaired) electrons. The minimum Gasteiger partial charge on any atom is -0.383 e. The second-order valence-electron chi connectivity index (χ2n) is 4.18. The van der Waals surface area contributed by atoms with Crippen LogP contribution in [0.4, 0.5) is 0 Å². The first-order valence-electron chi connectivity index (χ1n) is 5.88. The van der Waals surface area contributed by atoms with Crippen molar-refractivity contribution in [3.63, 3.8) is 0 Å². The zero-order chi connectivity index (χ0) is 12.0. The third kappa shape index (κ3) is 3.94. The molecule has 1 unspecified atom stereocenters. The molecule has 1 aromatic rings. The summed E-state index contributed by atoms with van der Waals surface area (Å²) in [5, 5.41) is 7.82. The van der Waals surface area contributed by atoms with Gasteiger partial charge in [-0.05, 0) is 31.9 Å². The Bertz CT molecular complexity index is 309. The number of nitrogens with one attached hydrogen (secondary N) is 1. The highest BCUT2D eigenvalue weighted by atomic mass is 16.5. The van der Waals surface area contributed by atoms with Crippen LogP contribution in [0.5, 0.6) is 0 Å². The number of aryl methyl sites for hydroxylation is 2. The summed E-state index contributed by atoms with van der Waals surface area (Å²) in [6.07, 6.45) is 4.22. The normalized spacial score (nSPS) is 13.0. The summed E-state index contributed by atoms with van der Waals surface area (Å²) in [4.78, 5) is 0. The summed E-state index contributed by atoms with van der Waals surface area (Å²) < 4.78 is 7.02. The fourth-order valence-corrected chi connectivity index (χ4v) is 1.83. The molecule has 0 saturated heterocycles. The molecular formula is C12H23N3O. The van der Waals surface area contributed by atoms with Crippen molar-refractivity contribution in [2.75, 3.05) is 20.3 Å². The van der Waals surface area contributed by atoms with E-state index in [-0.39, 0.29) is 0 Å². The summed E-state index contributed by atoms with van der Waals surface area (Å²) in [6, 6.07) is 0.460. The summed E-state index contributed by atoms with van der Waals surface area (Å²) in [6.45, 7) is 5.99. The van der Waals surface area contributed by atoms with Crippen molar-refractivity contribution in [3.05, 3.63) is 17.5 Å². The number of rotatable bonds is 7. The molecule has 0 aromatic carbocycles. The van der Waals surface area contributed by atoms with E-state index in [1.807, 2.05) is 11.7 Å². The summed E-state index contributed by atoms with van der Waals surface area (Å²) >= 11 is 0. The zero-order valence-electron chi connectivity index (χ0n) is 10.8. The van der Waals surface area contributed by atoms with Crippen molar-refractivity contribution in [2.45, 2.75) is 32.7 Å². The van der Waals surface area contributed by atoms with Gasteiger partial charge in [0.25, 0.3) is 0 Å². The first-order valence-corrected chi connectivity index (χ1v) is 5.88. The van der Waals surface area contributed by atoms with Crippen LogP contribution in [0.15, 0.2) is 6.20 Å². The van der Waals surface area contributed by atoms with Gasteiger partial charge in [0.15, 0.2) is 0 Å². The molecule has 4 nitrogen and oxygen atoms in total. The molecule has 0 fully saturated rings. The molecule has 0 bridgehead atoms. The van der Waals surface area contributed by atoms with Crippen molar-refractivity contribution in [3.8, 4) is 0 Å². The van der Waals surface area contributed by atoms with Crippen molar-refractivity contribution in [1.29, 1.82) is 0 Å². The van der Waals surface area contributed by atoms with Gasteiger partial charge in [0.2, 0.25) is 0 Å². The number of hydrogen-bond donors (Lipinski definition) is 1. The molecule has 4 heteroatoms. The van der Waals surface area contributed by atoms with Crippen LogP contribution < -0.4 is 5.32 Å². The first-order chi connectivity index (χ1) is 7.67. The highest BCUT2D eigenvalue weighted by molar-refractivity contribution is 5.15. The summed E-state index contributed by atoms with van der Waals surface area (Å²) in [5.41, 5.74) is 2.45. The van der Waals surface area contributed by atoms with E-state index in [1.54, 1.807) is 7.11 Å². The van der Waals surface area contributed by atoms with Crippen LogP contribution in [0.1, 0.15) is 24.6 Å². The first kappa shape index (κ1) is 13.2. The maximum Gasteiger partial charge on any atom is 0.0626 e. The van der Waals surface area contributed by atoms with E-state index in [4.69, 9.17) is 4.74 Å².